The molecule has 0 atom stereocenters. The van der Waals surface area contributed by atoms with Crippen molar-refractivity contribution in [3.63, 3.8) is 0 Å². The molecule has 0 fully saturated rings. The van der Waals surface area contributed by atoms with Crippen molar-refractivity contribution in [3.8, 4) is 0 Å². The molecule has 0 unspecified atom stereocenters. The molecule has 1 amide bonds. The molecule has 0 saturated carbocycles. The summed E-state index contributed by atoms with van der Waals surface area (Å²) in [5, 5.41) is 0. The summed E-state index contributed by atoms with van der Waals surface area (Å²) in [6, 6.07) is 0. The van der Waals surface area contributed by atoms with Crippen LogP contribution in [0.15, 0.2) is 12.8 Å². The standard InChI is InChI=1S/C13H25NO/c1-4-7-8-9-10-11-12-13(15)14(5-2)6-3/h5H,2,4,6-12H2,1,3H3. The van der Waals surface area contributed by atoms with Crippen LogP contribution in [0.5, 0.6) is 0 Å². The van der Waals surface area contributed by atoms with E-state index in [0.29, 0.717) is 6.42 Å². The molecule has 0 N–H and O–H groups in total. The third-order valence-electron chi connectivity index (χ3n) is 2.63. The minimum atomic E-state index is 0.211. The summed E-state index contributed by atoms with van der Waals surface area (Å²) < 4.78 is 0. The van der Waals surface area contributed by atoms with Gasteiger partial charge >= 0.3 is 0 Å². The van der Waals surface area contributed by atoms with Crippen molar-refractivity contribution in [2.24, 2.45) is 0 Å². The summed E-state index contributed by atoms with van der Waals surface area (Å²) in [6.45, 7) is 8.55. The van der Waals surface area contributed by atoms with E-state index < -0.39 is 0 Å². The van der Waals surface area contributed by atoms with E-state index in [1.165, 1.54) is 32.1 Å². The van der Waals surface area contributed by atoms with Crippen molar-refractivity contribution in [1.82, 2.24) is 4.90 Å². The Kier molecular flexibility index (Phi) is 9.24. The van der Waals surface area contributed by atoms with Crippen LogP contribution in [0, 0.1) is 0 Å². The maximum atomic E-state index is 11.5. The third-order valence-corrected chi connectivity index (χ3v) is 2.63. The van der Waals surface area contributed by atoms with Gasteiger partial charge in [0.2, 0.25) is 5.91 Å². The smallest absolute Gasteiger partial charge is 0.226 e. The lowest BCUT2D eigenvalue weighted by atomic mass is 10.1. The number of rotatable bonds is 9. The van der Waals surface area contributed by atoms with Crippen LogP contribution in [0.25, 0.3) is 0 Å². The lowest BCUT2D eigenvalue weighted by Crippen LogP contribution is -2.24. The highest BCUT2D eigenvalue weighted by Crippen LogP contribution is 2.08. The Hall–Kier alpha value is -0.790. The fraction of sp³-hybridized carbons (Fsp3) is 0.769. The van der Waals surface area contributed by atoms with Crippen LogP contribution in [0.4, 0.5) is 0 Å². The predicted molar refractivity (Wildman–Crippen MR) is 65.6 cm³/mol. The molecular formula is C13H25NO. The van der Waals surface area contributed by atoms with E-state index in [1.807, 2.05) is 6.92 Å². The Bertz CT molecular complexity index is 177. The van der Waals surface area contributed by atoms with E-state index in [-0.39, 0.29) is 5.91 Å². The van der Waals surface area contributed by atoms with Gasteiger partial charge in [0.25, 0.3) is 0 Å². The van der Waals surface area contributed by atoms with Crippen LogP contribution in [-0.2, 0) is 4.79 Å². The molecule has 0 rings (SSSR count). The minimum Gasteiger partial charge on any atom is -0.320 e. The first-order valence-electron chi connectivity index (χ1n) is 6.18. The van der Waals surface area contributed by atoms with E-state index in [1.54, 1.807) is 11.1 Å². The summed E-state index contributed by atoms with van der Waals surface area (Å²) in [4.78, 5) is 13.2. The van der Waals surface area contributed by atoms with E-state index in [4.69, 9.17) is 0 Å². The Morgan fingerprint density at radius 2 is 1.73 bits per heavy atom. The first kappa shape index (κ1) is 14.2. The van der Waals surface area contributed by atoms with Crippen molar-refractivity contribution in [3.05, 3.63) is 12.8 Å². The maximum Gasteiger partial charge on any atom is 0.226 e. The van der Waals surface area contributed by atoms with Gasteiger partial charge < -0.3 is 4.90 Å². The lowest BCUT2D eigenvalue weighted by molar-refractivity contribution is -0.128. The summed E-state index contributed by atoms with van der Waals surface area (Å²) in [6.07, 6.45) is 9.67. The molecule has 0 aromatic heterocycles. The van der Waals surface area contributed by atoms with Crippen molar-refractivity contribution in [1.29, 1.82) is 0 Å². The number of nitrogens with zero attached hydrogens (tertiary/aromatic N) is 1. The van der Waals surface area contributed by atoms with Gasteiger partial charge in [-0.15, -0.1) is 0 Å². The van der Waals surface area contributed by atoms with E-state index in [9.17, 15) is 4.79 Å². The molecule has 0 radical (unpaired) electrons. The average molecular weight is 211 g/mol. The topological polar surface area (TPSA) is 20.3 Å². The molecule has 2 heteroatoms. The SMILES string of the molecule is C=CN(CC)C(=O)CCCCCCCC. The Balaban J connectivity index is 3.42. The van der Waals surface area contributed by atoms with Crippen molar-refractivity contribution >= 4 is 5.91 Å². The molecule has 15 heavy (non-hydrogen) atoms. The monoisotopic (exact) mass is 211 g/mol. The van der Waals surface area contributed by atoms with Crippen molar-refractivity contribution in [2.45, 2.75) is 58.8 Å². The van der Waals surface area contributed by atoms with Crippen LogP contribution >= 0.6 is 0 Å². The highest BCUT2D eigenvalue weighted by Gasteiger charge is 2.06. The molecule has 88 valence electrons. The molecule has 0 aromatic carbocycles. The molecule has 0 aliphatic heterocycles. The number of amides is 1. The van der Waals surface area contributed by atoms with Crippen LogP contribution in [0.2, 0.25) is 0 Å². The molecule has 0 heterocycles. The Labute approximate surface area is 94.4 Å². The predicted octanol–water partition coefficient (Wildman–Crippen LogP) is 3.73. The van der Waals surface area contributed by atoms with Crippen molar-refractivity contribution < 1.29 is 4.79 Å². The average Bonchev–Trinajstić information content (AvgIpc) is 2.25. The van der Waals surface area contributed by atoms with E-state index >= 15 is 0 Å². The number of hydrogen-bond donors (Lipinski definition) is 0. The summed E-state index contributed by atoms with van der Waals surface area (Å²) in [7, 11) is 0. The first-order valence-corrected chi connectivity index (χ1v) is 6.18. The summed E-state index contributed by atoms with van der Waals surface area (Å²) in [5.74, 6) is 0.211. The van der Waals surface area contributed by atoms with Gasteiger partial charge in [-0.2, -0.15) is 0 Å². The van der Waals surface area contributed by atoms with Gasteiger partial charge in [0, 0.05) is 13.0 Å². The zero-order valence-electron chi connectivity index (χ0n) is 10.3. The van der Waals surface area contributed by atoms with Gasteiger partial charge in [-0.1, -0.05) is 45.6 Å². The number of unbranched alkanes of at least 4 members (excludes halogenated alkanes) is 5. The van der Waals surface area contributed by atoms with E-state index in [0.717, 1.165) is 13.0 Å². The number of carbonyl (C=O) groups is 1. The van der Waals surface area contributed by atoms with Gasteiger partial charge in [-0.05, 0) is 19.5 Å². The Morgan fingerprint density at radius 1 is 1.13 bits per heavy atom. The largest absolute Gasteiger partial charge is 0.320 e. The third kappa shape index (κ3) is 7.18. The van der Waals surface area contributed by atoms with Crippen LogP contribution < -0.4 is 0 Å². The molecule has 0 aliphatic rings. The van der Waals surface area contributed by atoms with Gasteiger partial charge in [-0.25, -0.2) is 0 Å². The zero-order valence-corrected chi connectivity index (χ0v) is 10.3. The minimum absolute atomic E-state index is 0.211. The second-order valence-electron chi connectivity index (χ2n) is 3.88. The molecule has 0 aliphatic carbocycles. The zero-order chi connectivity index (χ0) is 11.5. The maximum absolute atomic E-state index is 11.5. The molecule has 0 saturated heterocycles. The summed E-state index contributed by atoms with van der Waals surface area (Å²) in [5.41, 5.74) is 0. The Morgan fingerprint density at radius 3 is 2.27 bits per heavy atom. The fourth-order valence-electron chi connectivity index (χ4n) is 1.61. The lowest BCUT2D eigenvalue weighted by Gasteiger charge is -2.14. The molecule has 0 bridgehead atoms. The number of hydrogen-bond acceptors (Lipinski definition) is 1. The second kappa shape index (κ2) is 9.75. The molecular weight excluding hydrogens is 186 g/mol. The molecule has 0 aromatic rings. The van der Waals surface area contributed by atoms with E-state index in [2.05, 4.69) is 13.5 Å². The molecule has 0 spiro atoms. The van der Waals surface area contributed by atoms with Crippen LogP contribution in [0.3, 0.4) is 0 Å². The quantitative estimate of drug-likeness (QED) is 0.532. The second-order valence-corrected chi connectivity index (χ2v) is 3.88. The highest BCUT2D eigenvalue weighted by molar-refractivity contribution is 5.76. The van der Waals surface area contributed by atoms with Gasteiger partial charge in [0.1, 0.15) is 0 Å². The molecule has 2 nitrogen and oxygen atoms in total. The fourth-order valence-corrected chi connectivity index (χ4v) is 1.61. The first-order chi connectivity index (χ1) is 7.26. The van der Waals surface area contributed by atoms with Gasteiger partial charge in [-0.3, -0.25) is 4.79 Å². The van der Waals surface area contributed by atoms with Gasteiger partial charge in [0.15, 0.2) is 0 Å². The van der Waals surface area contributed by atoms with Gasteiger partial charge in [0.05, 0.1) is 0 Å². The summed E-state index contributed by atoms with van der Waals surface area (Å²) >= 11 is 0. The van der Waals surface area contributed by atoms with Crippen LogP contribution in [-0.4, -0.2) is 17.4 Å². The van der Waals surface area contributed by atoms with Crippen molar-refractivity contribution in [2.75, 3.05) is 6.54 Å². The van der Waals surface area contributed by atoms with Crippen LogP contribution in [0.1, 0.15) is 58.8 Å². The normalized spacial score (nSPS) is 10.0. The number of carbonyl (C=O) groups excluding carboxylic acids is 1. The highest BCUT2D eigenvalue weighted by atomic mass is 16.2.